The lowest BCUT2D eigenvalue weighted by Crippen LogP contribution is -2.26. The van der Waals surface area contributed by atoms with Crippen LogP contribution in [0, 0.1) is 17.7 Å². The highest BCUT2D eigenvalue weighted by atomic mass is 19.1. The molecule has 4 nitrogen and oxygen atoms in total. The Hall–Kier alpha value is -1.91. The molecule has 108 valence electrons. The van der Waals surface area contributed by atoms with Gasteiger partial charge in [-0.1, -0.05) is 6.92 Å². The number of rotatable bonds is 3. The summed E-state index contributed by atoms with van der Waals surface area (Å²) in [6, 6.07) is 3.59. The Morgan fingerprint density at radius 1 is 1.25 bits per heavy atom. The summed E-state index contributed by atoms with van der Waals surface area (Å²) >= 11 is 0. The summed E-state index contributed by atoms with van der Waals surface area (Å²) in [6.07, 6.45) is 3.75. The lowest BCUT2D eigenvalue weighted by Gasteiger charge is -2.25. The predicted molar refractivity (Wildman–Crippen MR) is 73.1 cm³/mol. The molecule has 2 N–H and O–H groups in total. The Bertz CT molecular complexity index is 522. The Labute approximate surface area is 117 Å². The molecule has 1 amide bonds. The first kappa shape index (κ1) is 14.5. The van der Waals surface area contributed by atoms with Crippen molar-refractivity contribution in [1.29, 1.82) is 0 Å². The van der Waals surface area contributed by atoms with Crippen LogP contribution in [0.2, 0.25) is 0 Å². The number of halogens is 1. The fourth-order valence-electron chi connectivity index (χ4n) is 2.53. The van der Waals surface area contributed by atoms with Gasteiger partial charge in [-0.15, -0.1) is 0 Å². The van der Waals surface area contributed by atoms with Crippen LogP contribution in [0.1, 0.15) is 43.0 Å². The zero-order chi connectivity index (χ0) is 14.7. The van der Waals surface area contributed by atoms with Crippen LogP contribution in [0.15, 0.2) is 18.2 Å². The summed E-state index contributed by atoms with van der Waals surface area (Å²) in [5.41, 5.74) is -0.104. The third kappa shape index (κ3) is 3.35. The van der Waals surface area contributed by atoms with E-state index in [1.165, 1.54) is 6.07 Å². The van der Waals surface area contributed by atoms with Gasteiger partial charge in [-0.3, -0.25) is 4.79 Å². The van der Waals surface area contributed by atoms with Gasteiger partial charge < -0.3 is 10.4 Å². The van der Waals surface area contributed by atoms with E-state index in [9.17, 15) is 14.0 Å². The molecule has 1 aliphatic rings. The summed E-state index contributed by atoms with van der Waals surface area (Å²) in [7, 11) is 0. The minimum Gasteiger partial charge on any atom is -0.478 e. The van der Waals surface area contributed by atoms with Gasteiger partial charge >= 0.3 is 5.97 Å². The molecule has 1 aliphatic carbocycles. The van der Waals surface area contributed by atoms with E-state index in [2.05, 4.69) is 12.2 Å². The van der Waals surface area contributed by atoms with E-state index in [1.807, 2.05) is 0 Å². The van der Waals surface area contributed by atoms with E-state index in [0.717, 1.165) is 37.8 Å². The number of hydrogen-bond donors (Lipinski definition) is 2. The number of carbonyl (C=O) groups is 2. The number of amides is 1. The first-order chi connectivity index (χ1) is 9.47. The third-order valence-electron chi connectivity index (χ3n) is 3.85. The first-order valence-corrected chi connectivity index (χ1v) is 6.81. The molecule has 0 bridgehead atoms. The quantitative estimate of drug-likeness (QED) is 0.892. The first-order valence-electron chi connectivity index (χ1n) is 6.81. The maximum Gasteiger partial charge on any atom is 0.338 e. The monoisotopic (exact) mass is 279 g/mol. The van der Waals surface area contributed by atoms with Crippen LogP contribution >= 0.6 is 0 Å². The Balaban J connectivity index is 2.04. The van der Waals surface area contributed by atoms with Gasteiger partial charge in [-0.05, 0) is 49.8 Å². The van der Waals surface area contributed by atoms with E-state index in [4.69, 9.17) is 5.11 Å². The van der Waals surface area contributed by atoms with Gasteiger partial charge in [-0.25, -0.2) is 9.18 Å². The zero-order valence-corrected chi connectivity index (χ0v) is 11.4. The number of benzene rings is 1. The number of anilines is 1. The minimum absolute atomic E-state index is 0.0375. The Morgan fingerprint density at radius 2 is 1.90 bits per heavy atom. The topological polar surface area (TPSA) is 66.4 Å². The van der Waals surface area contributed by atoms with Crippen LogP contribution in [0.4, 0.5) is 10.1 Å². The number of hydrogen-bond acceptors (Lipinski definition) is 2. The highest BCUT2D eigenvalue weighted by Gasteiger charge is 2.24. The number of carbonyl (C=O) groups excluding carboxylic acids is 1. The maximum absolute atomic E-state index is 13.3. The van der Waals surface area contributed by atoms with Crippen LogP contribution in [-0.2, 0) is 4.79 Å². The average Bonchev–Trinajstić information content (AvgIpc) is 2.41. The molecule has 2 rings (SSSR count). The van der Waals surface area contributed by atoms with Gasteiger partial charge in [0, 0.05) is 11.6 Å². The molecule has 1 fully saturated rings. The largest absolute Gasteiger partial charge is 0.478 e. The molecule has 20 heavy (non-hydrogen) atoms. The van der Waals surface area contributed by atoms with Gasteiger partial charge in [0.1, 0.15) is 5.82 Å². The molecule has 0 radical (unpaired) electrons. The summed E-state index contributed by atoms with van der Waals surface area (Å²) in [5.74, 6) is -1.64. The lowest BCUT2D eigenvalue weighted by molar-refractivity contribution is -0.121. The Morgan fingerprint density at radius 3 is 2.50 bits per heavy atom. The minimum atomic E-state index is -1.34. The van der Waals surface area contributed by atoms with Crippen molar-refractivity contribution < 1.29 is 19.1 Å². The molecule has 0 atom stereocenters. The maximum atomic E-state index is 13.3. The smallest absolute Gasteiger partial charge is 0.338 e. The van der Waals surface area contributed by atoms with E-state index < -0.39 is 17.3 Å². The summed E-state index contributed by atoms with van der Waals surface area (Å²) in [5, 5.41) is 11.5. The predicted octanol–water partition coefficient (Wildman–Crippen LogP) is 3.29. The number of aromatic carboxylic acids is 1. The molecule has 1 aromatic rings. The molecule has 0 aliphatic heterocycles. The molecule has 1 saturated carbocycles. The summed E-state index contributed by atoms with van der Waals surface area (Å²) < 4.78 is 13.3. The van der Waals surface area contributed by atoms with Crippen molar-refractivity contribution in [3.8, 4) is 0 Å². The fourth-order valence-corrected chi connectivity index (χ4v) is 2.53. The van der Waals surface area contributed by atoms with Gasteiger partial charge in [0.25, 0.3) is 0 Å². The molecule has 0 heterocycles. The molecular formula is C15H18FNO3. The molecular weight excluding hydrogens is 261 g/mol. The van der Waals surface area contributed by atoms with E-state index in [-0.39, 0.29) is 11.8 Å². The molecule has 0 spiro atoms. The second-order valence-electron chi connectivity index (χ2n) is 5.45. The van der Waals surface area contributed by atoms with Crippen LogP contribution in [-0.4, -0.2) is 17.0 Å². The van der Waals surface area contributed by atoms with E-state index in [0.29, 0.717) is 11.6 Å². The lowest BCUT2D eigenvalue weighted by atomic mass is 9.82. The Kier molecular flexibility index (Phi) is 4.37. The number of carboxylic acids is 1. The highest BCUT2D eigenvalue weighted by Crippen LogP contribution is 2.29. The number of nitrogens with one attached hydrogen (secondary N) is 1. The van der Waals surface area contributed by atoms with Crippen LogP contribution in [0.3, 0.4) is 0 Å². The average molecular weight is 279 g/mol. The second-order valence-corrected chi connectivity index (χ2v) is 5.45. The van der Waals surface area contributed by atoms with Gasteiger partial charge in [-0.2, -0.15) is 0 Å². The van der Waals surface area contributed by atoms with E-state index >= 15 is 0 Å². The van der Waals surface area contributed by atoms with E-state index in [1.54, 1.807) is 0 Å². The molecule has 0 aromatic heterocycles. The van der Waals surface area contributed by atoms with Crippen molar-refractivity contribution in [2.75, 3.05) is 5.32 Å². The number of carboxylic acid groups (broad SMARTS) is 1. The summed E-state index contributed by atoms with van der Waals surface area (Å²) in [6.45, 7) is 2.17. The molecule has 1 aromatic carbocycles. The SMILES string of the molecule is CC1CCC(C(=O)Nc2ccc(F)c(C(=O)O)c2)CC1. The van der Waals surface area contributed by atoms with Gasteiger partial charge in [0.2, 0.25) is 5.91 Å². The molecule has 0 saturated heterocycles. The zero-order valence-electron chi connectivity index (χ0n) is 11.4. The van der Waals surface area contributed by atoms with Crippen molar-refractivity contribution in [2.24, 2.45) is 11.8 Å². The summed E-state index contributed by atoms with van der Waals surface area (Å²) in [4.78, 5) is 22.9. The van der Waals surface area contributed by atoms with Crippen LogP contribution in [0.5, 0.6) is 0 Å². The third-order valence-corrected chi connectivity index (χ3v) is 3.85. The van der Waals surface area contributed by atoms with Crippen LogP contribution in [0.25, 0.3) is 0 Å². The van der Waals surface area contributed by atoms with Gasteiger partial charge in [0.05, 0.1) is 5.56 Å². The highest BCUT2D eigenvalue weighted by molar-refractivity contribution is 5.95. The second kappa shape index (κ2) is 6.03. The van der Waals surface area contributed by atoms with Crippen molar-refractivity contribution in [3.63, 3.8) is 0 Å². The van der Waals surface area contributed by atoms with Crippen molar-refractivity contribution >= 4 is 17.6 Å². The molecule has 0 unspecified atom stereocenters. The van der Waals surface area contributed by atoms with Crippen molar-refractivity contribution in [3.05, 3.63) is 29.6 Å². The standard InChI is InChI=1S/C15H18FNO3/c1-9-2-4-10(5-3-9)14(18)17-11-6-7-13(16)12(8-11)15(19)20/h6-10H,2-5H2,1H3,(H,17,18)(H,19,20). The normalized spacial score (nSPS) is 22.3. The fraction of sp³-hybridized carbons (Fsp3) is 0.467. The molecule has 5 heteroatoms. The van der Waals surface area contributed by atoms with Crippen LogP contribution < -0.4 is 5.32 Å². The van der Waals surface area contributed by atoms with Crippen molar-refractivity contribution in [1.82, 2.24) is 0 Å². The van der Waals surface area contributed by atoms with Gasteiger partial charge in [0.15, 0.2) is 0 Å². The van der Waals surface area contributed by atoms with Crippen molar-refractivity contribution in [2.45, 2.75) is 32.6 Å².